The van der Waals surface area contributed by atoms with Crippen LogP contribution < -0.4 is 10.6 Å². The first-order chi connectivity index (χ1) is 11.3. The van der Waals surface area contributed by atoms with Crippen LogP contribution in [0.15, 0.2) is 24.3 Å². The number of hydrogen-bond donors (Lipinski definition) is 2. The van der Waals surface area contributed by atoms with Gasteiger partial charge in [-0.2, -0.15) is 0 Å². The Hall–Kier alpha value is -1.55. The van der Waals surface area contributed by atoms with Gasteiger partial charge in [0.05, 0.1) is 0 Å². The van der Waals surface area contributed by atoms with E-state index >= 15 is 0 Å². The molecule has 0 spiro atoms. The van der Waals surface area contributed by atoms with Gasteiger partial charge in [-0.25, -0.2) is 4.79 Å². The van der Waals surface area contributed by atoms with Gasteiger partial charge in [0.15, 0.2) is 0 Å². The fourth-order valence-electron chi connectivity index (χ4n) is 3.14. The summed E-state index contributed by atoms with van der Waals surface area (Å²) in [5.74, 6) is 0. The molecule has 0 aliphatic heterocycles. The van der Waals surface area contributed by atoms with Crippen LogP contribution in [0.5, 0.6) is 0 Å². The highest BCUT2D eigenvalue weighted by Gasteiger charge is 2.26. The Morgan fingerprint density at radius 3 is 2.33 bits per heavy atom. The van der Waals surface area contributed by atoms with Crippen molar-refractivity contribution >= 4 is 6.09 Å². The number of carbonyl (C=O) groups is 1. The zero-order chi connectivity index (χ0) is 17.6. The number of nitrogens with one attached hydrogen (secondary N) is 2. The lowest BCUT2D eigenvalue weighted by Crippen LogP contribution is -2.50. The van der Waals surface area contributed by atoms with Crippen LogP contribution in [0.4, 0.5) is 4.79 Å². The fourth-order valence-corrected chi connectivity index (χ4v) is 3.14. The molecule has 1 aromatic rings. The lowest BCUT2D eigenvalue weighted by molar-refractivity contribution is 0.0489. The number of ether oxygens (including phenoxy) is 1. The van der Waals surface area contributed by atoms with E-state index in [2.05, 4.69) is 41.8 Å². The number of amides is 1. The van der Waals surface area contributed by atoms with Crippen LogP contribution in [-0.2, 0) is 11.3 Å². The van der Waals surface area contributed by atoms with Gasteiger partial charge in [0.2, 0.25) is 0 Å². The van der Waals surface area contributed by atoms with E-state index in [1.54, 1.807) is 0 Å². The van der Waals surface area contributed by atoms with Crippen LogP contribution in [-0.4, -0.2) is 23.8 Å². The Bertz CT molecular complexity index is 519. The number of carbonyl (C=O) groups excluding carboxylic acids is 1. The summed E-state index contributed by atoms with van der Waals surface area (Å²) in [5.41, 5.74) is 2.10. The molecule has 1 aliphatic carbocycles. The van der Waals surface area contributed by atoms with Crippen LogP contribution in [0.2, 0.25) is 0 Å². The van der Waals surface area contributed by atoms with Crippen molar-refractivity contribution in [3.05, 3.63) is 35.4 Å². The third kappa shape index (κ3) is 6.52. The van der Waals surface area contributed by atoms with Crippen molar-refractivity contribution in [1.29, 1.82) is 0 Å². The maximum Gasteiger partial charge on any atom is 0.407 e. The van der Waals surface area contributed by atoms with Gasteiger partial charge in [-0.1, -0.05) is 49.1 Å². The summed E-state index contributed by atoms with van der Waals surface area (Å²) in [5, 5.41) is 6.73. The smallest absolute Gasteiger partial charge is 0.407 e. The number of rotatable bonds is 4. The minimum Gasteiger partial charge on any atom is -0.444 e. The second kappa shape index (κ2) is 8.52. The average Bonchev–Trinajstić information content (AvgIpc) is 2.70. The molecule has 0 aromatic heterocycles. The van der Waals surface area contributed by atoms with E-state index in [9.17, 15) is 4.79 Å². The molecule has 2 atom stereocenters. The summed E-state index contributed by atoms with van der Waals surface area (Å²) < 4.78 is 5.43. The van der Waals surface area contributed by atoms with Gasteiger partial charge in [0, 0.05) is 18.6 Å². The van der Waals surface area contributed by atoms with E-state index in [1.165, 1.54) is 24.0 Å². The molecule has 1 saturated carbocycles. The van der Waals surface area contributed by atoms with Gasteiger partial charge in [0.1, 0.15) is 5.60 Å². The molecule has 134 valence electrons. The molecular formula is C20H32N2O2. The molecule has 0 heterocycles. The van der Waals surface area contributed by atoms with Gasteiger partial charge in [-0.15, -0.1) is 0 Å². The Balaban J connectivity index is 1.93. The Labute approximate surface area is 146 Å². The molecule has 1 fully saturated rings. The Kier molecular flexibility index (Phi) is 6.67. The van der Waals surface area contributed by atoms with Crippen molar-refractivity contribution in [3.8, 4) is 0 Å². The van der Waals surface area contributed by atoms with E-state index in [0.29, 0.717) is 6.04 Å². The molecule has 2 N–H and O–H groups in total. The average molecular weight is 332 g/mol. The lowest BCUT2D eigenvalue weighted by atomic mass is 10.0. The highest BCUT2D eigenvalue weighted by molar-refractivity contribution is 5.68. The number of aryl methyl sites for hydroxylation is 1. The summed E-state index contributed by atoms with van der Waals surface area (Å²) in [6.45, 7) is 8.62. The summed E-state index contributed by atoms with van der Waals surface area (Å²) in [7, 11) is 0. The summed E-state index contributed by atoms with van der Waals surface area (Å²) >= 11 is 0. The van der Waals surface area contributed by atoms with Crippen LogP contribution >= 0.6 is 0 Å². The van der Waals surface area contributed by atoms with Gasteiger partial charge in [0.25, 0.3) is 0 Å². The van der Waals surface area contributed by atoms with Crippen LogP contribution in [0.25, 0.3) is 0 Å². The lowest BCUT2D eigenvalue weighted by Gasteiger charge is -2.29. The molecule has 4 heteroatoms. The molecule has 4 nitrogen and oxygen atoms in total. The Morgan fingerprint density at radius 2 is 1.71 bits per heavy atom. The van der Waals surface area contributed by atoms with Crippen LogP contribution in [0.1, 0.15) is 64.0 Å². The number of hydrogen-bond acceptors (Lipinski definition) is 3. The Morgan fingerprint density at radius 1 is 1.08 bits per heavy atom. The van der Waals surface area contributed by atoms with Crippen molar-refractivity contribution in [2.45, 2.75) is 84.0 Å². The normalized spacial score (nSPS) is 21.8. The molecule has 1 aliphatic rings. The summed E-state index contributed by atoms with van der Waals surface area (Å²) in [4.78, 5) is 12.1. The minimum absolute atomic E-state index is 0.132. The third-order valence-corrected chi connectivity index (χ3v) is 4.41. The maximum absolute atomic E-state index is 12.1. The van der Waals surface area contributed by atoms with E-state index in [1.807, 2.05) is 20.8 Å². The molecule has 0 bridgehead atoms. The zero-order valence-electron chi connectivity index (χ0n) is 15.5. The topological polar surface area (TPSA) is 50.4 Å². The van der Waals surface area contributed by atoms with Gasteiger partial charge >= 0.3 is 6.09 Å². The molecule has 24 heavy (non-hydrogen) atoms. The molecular weight excluding hydrogens is 300 g/mol. The van der Waals surface area contributed by atoms with Crippen LogP contribution in [0, 0.1) is 6.92 Å². The first-order valence-corrected chi connectivity index (χ1v) is 9.12. The molecule has 0 saturated heterocycles. The molecule has 0 radical (unpaired) electrons. The second-order valence-electron chi connectivity index (χ2n) is 7.86. The van der Waals surface area contributed by atoms with Gasteiger partial charge in [-0.3, -0.25) is 0 Å². The van der Waals surface area contributed by atoms with Crippen molar-refractivity contribution < 1.29 is 9.53 Å². The largest absolute Gasteiger partial charge is 0.444 e. The molecule has 2 rings (SSSR count). The first kappa shape index (κ1) is 18.8. The van der Waals surface area contributed by atoms with E-state index in [4.69, 9.17) is 4.74 Å². The second-order valence-corrected chi connectivity index (χ2v) is 7.86. The van der Waals surface area contributed by atoms with E-state index < -0.39 is 5.60 Å². The number of benzene rings is 1. The SMILES string of the molecule is Cc1ccc(CNC2CCCCCC2NC(=O)OC(C)(C)C)cc1. The van der Waals surface area contributed by atoms with Gasteiger partial charge < -0.3 is 15.4 Å². The highest BCUT2D eigenvalue weighted by Crippen LogP contribution is 2.19. The minimum atomic E-state index is -0.459. The predicted molar refractivity (Wildman–Crippen MR) is 98.0 cm³/mol. The number of alkyl carbamates (subject to hydrolysis) is 1. The van der Waals surface area contributed by atoms with Crippen LogP contribution in [0.3, 0.4) is 0 Å². The maximum atomic E-state index is 12.1. The standard InChI is InChI=1S/C20H32N2O2/c1-15-10-12-16(13-11-15)14-21-17-8-6-5-7-9-18(17)22-19(23)24-20(2,3)4/h10-13,17-18,21H,5-9,14H2,1-4H3,(H,22,23). The summed E-state index contributed by atoms with van der Waals surface area (Å²) in [6, 6.07) is 9.03. The monoisotopic (exact) mass is 332 g/mol. The third-order valence-electron chi connectivity index (χ3n) is 4.41. The quantitative estimate of drug-likeness (QED) is 0.808. The van der Waals surface area contributed by atoms with Crippen molar-refractivity contribution in [3.63, 3.8) is 0 Å². The zero-order valence-corrected chi connectivity index (χ0v) is 15.5. The molecule has 2 unspecified atom stereocenters. The van der Waals surface area contributed by atoms with E-state index in [-0.39, 0.29) is 12.1 Å². The summed E-state index contributed by atoms with van der Waals surface area (Å²) in [6.07, 6.45) is 5.38. The van der Waals surface area contributed by atoms with Gasteiger partial charge in [-0.05, 0) is 46.1 Å². The molecule has 1 aromatic carbocycles. The van der Waals surface area contributed by atoms with Crippen molar-refractivity contribution in [2.24, 2.45) is 0 Å². The van der Waals surface area contributed by atoms with Crippen molar-refractivity contribution in [1.82, 2.24) is 10.6 Å². The first-order valence-electron chi connectivity index (χ1n) is 9.12. The van der Waals surface area contributed by atoms with E-state index in [0.717, 1.165) is 25.8 Å². The fraction of sp³-hybridized carbons (Fsp3) is 0.650. The predicted octanol–water partition coefficient (Wildman–Crippen LogP) is 4.31. The highest BCUT2D eigenvalue weighted by atomic mass is 16.6. The molecule has 1 amide bonds. The van der Waals surface area contributed by atoms with Crippen molar-refractivity contribution in [2.75, 3.05) is 0 Å².